The van der Waals surface area contributed by atoms with Crippen molar-refractivity contribution in [3.05, 3.63) is 71.3 Å². The molecule has 2 aliphatic rings. The Bertz CT molecular complexity index is 947. The molecule has 2 amide bonds. The number of imide groups is 1. The van der Waals surface area contributed by atoms with Crippen LogP contribution in [0.5, 0.6) is 0 Å². The molecule has 6 nitrogen and oxygen atoms in total. The molecule has 2 fully saturated rings. The Morgan fingerprint density at radius 3 is 2.53 bits per heavy atom. The lowest BCUT2D eigenvalue weighted by molar-refractivity contribution is -0.118. The van der Waals surface area contributed by atoms with Crippen LogP contribution < -0.4 is 10.6 Å². The summed E-state index contributed by atoms with van der Waals surface area (Å²) in [5.74, 6) is -0.185. The number of ketones is 1. The fraction of sp³-hybridized carbons (Fsp3) is 0.348. The highest BCUT2D eigenvalue weighted by molar-refractivity contribution is 8.15. The number of carbonyl (C=O) groups excluding carboxylic acids is 3. The van der Waals surface area contributed by atoms with Gasteiger partial charge in [0.2, 0.25) is 5.91 Å². The summed E-state index contributed by atoms with van der Waals surface area (Å²) in [5.41, 5.74) is 2.26. The van der Waals surface area contributed by atoms with Crippen LogP contribution in [0.1, 0.15) is 47.5 Å². The number of benzene rings is 2. The number of Topliss-reactive ketones (excluding diaryl/α,β-unsaturated/α-hetero) is 1. The van der Waals surface area contributed by atoms with E-state index in [9.17, 15) is 14.4 Å². The highest BCUT2D eigenvalue weighted by Gasteiger charge is 2.36. The standard InChI is InChI=1S/C23H24N2O4S/c1-23(14-24-21(29-23)17-5-3-2-4-6-17)12-11-18(26)16-9-7-15(8-10-16)13-19-20(27)25-22(28)30-19/h2-10,19,21,24H,11-14H2,1H3,(H,25,27,28). The largest absolute Gasteiger partial charge is 0.352 e. The van der Waals surface area contributed by atoms with Crippen LogP contribution in [0.15, 0.2) is 54.6 Å². The van der Waals surface area contributed by atoms with Gasteiger partial charge in [0.1, 0.15) is 6.23 Å². The van der Waals surface area contributed by atoms with Gasteiger partial charge in [0.05, 0.1) is 10.9 Å². The van der Waals surface area contributed by atoms with E-state index >= 15 is 0 Å². The number of carbonyl (C=O) groups is 3. The summed E-state index contributed by atoms with van der Waals surface area (Å²) in [6, 6.07) is 17.3. The van der Waals surface area contributed by atoms with Gasteiger partial charge in [0.15, 0.2) is 5.78 Å². The van der Waals surface area contributed by atoms with Crippen LogP contribution in [0.3, 0.4) is 0 Å². The summed E-state index contributed by atoms with van der Waals surface area (Å²) in [6.07, 6.45) is 1.34. The molecule has 2 saturated heterocycles. The normalized spacial score (nSPS) is 26.0. The zero-order valence-electron chi connectivity index (χ0n) is 16.7. The van der Waals surface area contributed by atoms with Gasteiger partial charge in [-0.25, -0.2) is 0 Å². The summed E-state index contributed by atoms with van der Waals surface area (Å²) in [4.78, 5) is 35.6. The molecule has 3 atom stereocenters. The first-order valence-corrected chi connectivity index (χ1v) is 10.9. The van der Waals surface area contributed by atoms with Gasteiger partial charge in [-0.15, -0.1) is 0 Å². The second kappa shape index (κ2) is 8.71. The molecule has 2 aliphatic heterocycles. The summed E-state index contributed by atoms with van der Waals surface area (Å²) in [6.45, 7) is 2.73. The van der Waals surface area contributed by atoms with Crippen molar-refractivity contribution in [3.8, 4) is 0 Å². The molecule has 0 spiro atoms. The molecule has 0 aliphatic carbocycles. The highest BCUT2D eigenvalue weighted by Crippen LogP contribution is 2.32. The first-order chi connectivity index (χ1) is 14.4. The summed E-state index contributed by atoms with van der Waals surface area (Å²) < 4.78 is 6.20. The monoisotopic (exact) mass is 424 g/mol. The van der Waals surface area contributed by atoms with Crippen molar-refractivity contribution in [2.45, 2.75) is 43.3 Å². The third-order valence-electron chi connectivity index (χ3n) is 5.51. The van der Waals surface area contributed by atoms with E-state index in [0.29, 0.717) is 31.4 Å². The van der Waals surface area contributed by atoms with E-state index in [0.717, 1.165) is 22.9 Å². The smallest absolute Gasteiger partial charge is 0.286 e. The minimum Gasteiger partial charge on any atom is -0.352 e. The molecule has 3 unspecified atom stereocenters. The number of nitrogens with one attached hydrogen (secondary N) is 2. The fourth-order valence-electron chi connectivity index (χ4n) is 3.73. The van der Waals surface area contributed by atoms with Crippen molar-refractivity contribution in [1.82, 2.24) is 10.6 Å². The molecule has 2 aromatic carbocycles. The lowest BCUT2D eigenvalue weighted by atomic mass is 9.96. The molecular formula is C23H24N2O4S. The topological polar surface area (TPSA) is 84.5 Å². The molecular weight excluding hydrogens is 400 g/mol. The molecule has 7 heteroatoms. The van der Waals surface area contributed by atoms with E-state index < -0.39 is 10.9 Å². The molecule has 0 radical (unpaired) electrons. The maximum Gasteiger partial charge on any atom is 0.286 e. The molecule has 2 N–H and O–H groups in total. The average Bonchev–Trinajstić information content (AvgIpc) is 3.29. The van der Waals surface area contributed by atoms with E-state index in [1.807, 2.05) is 49.4 Å². The minimum atomic E-state index is -0.399. The molecule has 0 saturated carbocycles. The van der Waals surface area contributed by atoms with E-state index in [4.69, 9.17) is 4.74 Å². The Morgan fingerprint density at radius 2 is 1.87 bits per heavy atom. The summed E-state index contributed by atoms with van der Waals surface area (Å²) >= 11 is 1.01. The van der Waals surface area contributed by atoms with E-state index in [1.165, 1.54) is 0 Å². The zero-order valence-corrected chi connectivity index (χ0v) is 17.5. The van der Waals surface area contributed by atoms with Crippen molar-refractivity contribution in [2.75, 3.05) is 6.54 Å². The number of thioether (sulfide) groups is 1. The van der Waals surface area contributed by atoms with Gasteiger partial charge in [-0.05, 0) is 30.9 Å². The van der Waals surface area contributed by atoms with Crippen LogP contribution in [0.2, 0.25) is 0 Å². The van der Waals surface area contributed by atoms with Crippen LogP contribution in [0.25, 0.3) is 0 Å². The van der Waals surface area contributed by atoms with Gasteiger partial charge in [0.25, 0.3) is 5.24 Å². The van der Waals surface area contributed by atoms with Crippen molar-refractivity contribution in [3.63, 3.8) is 0 Å². The Kier molecular flexibility index (Phi) is 6.04. The Hall–Kier alpha value is -2.48. The van der Waals surface area contributed by atoms with Crippen molar-refractivity contribution >= 4 is 28.7 Å². The summed E-state index contributed by atoms with van der Waals surface area (Å²) in [7, 11) is 0. The summed E-state index contributed by atoms with van der Waals surface area (Å²) in [5, 5.41) is 4.97. The quantitative estimate of drug-likeness (QED) is 0.661. The molecule has 156 valence electrons. The van der Waals surface area contributed by atoms with Crippen LogP contribution in [-0.4, -0.2) is 34.3 Å². The second-order valence-electron chi connectivity index (χ2n) is 7.95. The number of rotatable bonds is 7. The molecule has 4 rings (SSSR count). The molecule has 2 aromatic rings. The van der Waals surface area contributed by atoms with E-state index in [2.05, 4.69) is 10.6 Å². The van der Waals surface area contributed by atoms with Crippen LogP contribution in [0, 0.1) is 0 Å². The Labute approximate surface area is 179 Å². The minimum absolute atomic E-state index is 0.0673. The predicted octanol–water partition coefficient (Wildman–Crippen LogP) is 3.62. The third-order valence-corrected chi connectivity index (χ3v) is 6.49. The van der Waals surface area contributed by atoms with Gasteiger partial charge >= 0.3 is 0 Å². The van der Waals surface area contributed by atoms with Crippen LogP contribution >= 0.6 is 11.8 Å². The number of ether oxygens (including phenoxy) is 1. The zero-order chi connectivity index (χ0) is 21.1. The molecule has 0 bridgehead atoms. The van der Waals surface area contributed by atoms with Gasteiger partial charge in [-0.3, -0.25) is 25.0 Å². The molecule has 30 heavy (non-hydrogen) atoms. The van der Waals surface area contributed by atoms with Gasteiger partial charge < -0.3 is 4.74 Å². The van der Waals surface area contributed by atoms with Crippen molar-refractivity contribution in [2.24, 2.45) is 0 Å². The molecule has 2 heterocycles. The number of amides is 2. The van der Waals surface area contributed by atoms with Gasteiger partial charge in [-0.1, -0.05) is 66.4 Å². The first-order valence-electron chi connectivity index (χ1n) is 10.0. The van der Waals surface area contributed by atoms with Gasteiger partial charge in [0, 0.05) is 18.5 Å². The van der Waals surface area contributed by atoms with E-state index in [-0.39, 0.29) is 23.2 Å². The Morgan fingerprint density at radius 1 is 1.13 bits per heavy atom. The SMILES string of the molecule is CC1(CCC(=O)c2ccc(CC3SC(=O)NC3=O)cc2)CNC(c2ccccc2)O1. The number of hydrogen-bond donors (Lipinski definition) is 2. The lowest BCUT2D eigenvalue weighted by Gasteiger charge is -2.23. The van der Waals surface area contributed by atoms with E-state index in [1.54, 1.807) is 12.1 Å². The van der Waals surface area contributed by atoms with Crippen molar-refractivity contribution in [1.29, 1.82) is 0 Å². The van der Waals surface area contributed by atoms with Crippen molar-refractivity contribution < 1.29 is 19.1 Å². The fourth-order valence-corrected chi connectivity index (χ4v) is 4.59. The predicted molar refractivity (Wildman–Crippen MR) is 115 cm³/mol. The third kappa shape index (κ3) is 4.80. The lowest BCUT2D eigenvalue weighted by Crippen LogP contribution is -2.29. The maximum atomic E-state index is 12.7. The van der Waals surface area contributed by atoms with Gasteiger partial charge in [-0.2, -0.15) is 0 Å². The second-order valence-corrected chi connectivity index (χ2v) is 9.12. The maximum absolute atomic E-state index is 12.7. The number of hydrogen-bond acceptors (Lipinski definition) is 6. The van der Waals surface area contributed by atoms with Crippen LogP contribution in [-0.2, 0) is 16.0 Å². The van der Waals surface area contributed by atoms with Crippen LogP contribution in [0.4, 0.5) is 4.79 Å². The molecule has 0 aromatic heterocycles. The first kappa shape index (κ1) is 20.8. The average molecular weight is 425 g/mol. The Balaban J connectivity index is 1.30. The highest BCUT2D eigenvalue weighted by atomic mass is 32.2.